The van der Waals surface area contributed by atoms with Crippen molar-refractivity contribution in [1.29, 1.82) is 0 Å². The van der Waals surface area contributed by atoms with Gasteiger partial charge in [0.25, 0.3) is 0 Å². The number of unbranched alkanes of at least 4 members (excludes halogenated alkanes) is 1. The number of carbonyl (C=O) groups excluding carboxylic acids is 2. The Balaban J connectivity index is 1.63. The third kappa shape index (κ3) is 6.71. The van der Waals surface area contributed by atoms with E-state index >= 15 is 0 Å². The summed E-state index contributed by atoms with van der Waals surface area (Å²) < 4.78 is 11.8. The number of rotatable bonds is 10. The molecule has 4 saturated carbocycles. The summed E-state index contributed by atoms with van der Waals surface area (Å²) in [4.78, 5) is 26.1. The van der Waals surface area contributed by atoms with Gasteiger partial charge in [0.05, 0.1) is 11.8 Å². The molecule has 4 bridgehead atoms. The maximum Gasteiger partial charge on any atom is 0.312 e. The molecule has 4 heteroatoms. The molecule has 31 heavy (non-hydrogen) atoms. The molecule has 4 fully saturated rings. The first-order valence-electron chi connectivity index (χ1n) is 12.9. The van der Waals surface area contributed by atoms with E-state index in [-0.39, 0.29) is 35.8 Å². The molecule has 0 saturated heterocycles. The minimum absolute atomic E-state index is 0.0193. The lowest BCUT2D eigenvalue weighted by Crippen LogP contribution is -2.51. The molecule has 0 aromatic rings. The van der Waals surface area contributed by atoms with Gasteiger partial charge in [-0.15, -0.1) is 0 Å². The molecule has 0 aromatic heterocycles. The van der Waals surface area contributed by atoms with Gasteiger partial charge in [0, 0.05) is 0 Å². The van der Waals surface area contributed by atoms with Gasteiger partial charge in [-0.05, 0) is 95.3 Å². The Morgan fingerprint density at radius 2 is 1.42 bits per heavy atom. The summed E-state index contributed by atoms with van der Waals surface area (Å²) in [6.45, 7) is 12.3. The quantitative estimate of drug-likeness (QED) is 0.283. The average molecular weight is 435 g/mol. The van der Waals surface area contributed by atoms with Gasteiger partial charge in [-0.25, -0.2) is 0 Å². The van der Waals surface area contributed by atoms with E-state index in [9.17, 15) is 9.59 Å². The summed E-state index contributed by atoms with van der Waals surface area (Å²) in [6, 6.07) is 0. The lowest BCUT2D eigenvalue weighted by molar-refractivity contribution is -0.182. The molecule has 0 aliphatic heterocycles. The van der Waals surface area contributed by atoms with Crippen LogP contribution in [-0.2, 0) is 19.1 Å². The van der Waals surface area contributed by atoms with Gasteiger partial charge in [0.15, 0.2) is 0 Å². The lowest BCUT2D eigenvalue weighted by Gasteiger charge is -2.55. The van der Waals surface area contributed by atoms with Crippen molar-refractivity contribution in [2.24, 2.45) is 35.0 Å². The van der Waals surface area contributed by atoms with Crippen molar-refractivity contribution in [2.75, 3.05) is 0 Å². The van der Waals surface area contributed by atoms with E-state index in [1.807, 2.05) is 20.8 Å². The Morgan fingerprint density at radius 1 is 0.903 bits per heavy atom. The van der Waals surface area contributed by atoms with Gasteiger partial charge in [-0.2, -0.15) is 0 Å². The number of hydrogen-bond donors (Lipinski definition) is 0. The second-order valence-electron chi connectivity index (χ2n) is 12.6. The maximum atomic E-state index is 13.5. The zero-order valence-corrected chi connectivity index (χ0v) is 20.9. The average Bonchev–Trinajstić information content (AvgIpc) is 2.61. The Bertz CT molecular complexity index is 594. The third-order valence-corrected chi connectivity index (χ3v) is 7.84. The van der Waals surface area contributed by atoms with E-state index in [1.54, 1.807) is 0 Å². The molecule has 2 atom stereocenters. The SMILES string of the molecule is CC(C)CCCCC(C)C(CC(=O)OC(C)(C)C)OC(=O)C12CC3CC(CC(C3)C1)C2. The van der Waals surface area contributed by atoms with Crippen LogP contribution in [0.3, 0.4) is 0 Å². The molecular weight excluding hydrogens is 388 g/mol. The van der Waals surface area contributed by atoms with Crippen LogP contribution in [-0.4, -0.2) is 23.6 Å². The molecule has 4 aliphatic rings. The fraction of sp³-hybridized carbons (Fsp3) is 0.926. The predicted molar refractivity (Wildman–Crippen MR) is 123 cm³/mol. The van der Waals surface area contributed by atoms with Crippen molar-refractivity contribution in [3.05, 3.63) is 0 Å². The van der Waals surface area contributed by atoms with Crippen molar-refractivity contribution < 1.29 is 19.1 Å². The molecule has 0 heterocycles. The zero-order valence-electron chi connectivity index (χ0n) is 20.9. The van der Waals surface area contributed by atoms with Crippen LogP contribution in [0.2, 0.25) is 0 Å². The highest BCUT2D eigenvalue weighted by molar-refractivity contribution is 5.78. The third-order valence-electron chi connectivity index (χ3n) is 7.84. The molecule has 4 rings (SSSR count). The van der Waals surface area contributed by atoms with Crippen LogP contribution in [0.1, 0.15) is 112 Å². The van der Waals surface area contributed by atoms with Gasteiger partial charge in [-0.1, -0.05) is 40.0 Å². The van der Waals surface area contributed by atoms with Gasteiger partial charge < -0.3 is 9.47 Å². The van der Waals surface area contributed by atoms with Crippen LogP contribution >= 0.6 is 0 Å². The monoisotopic (exact) mass is 434 g/mol. The lowest BCUT2D eigenvalue weighted by atomic mass is 9.49. The molecule has 2 unspecified atom stereocenters. The molecule has 0 N–H and O–H groups in total. The van der Waals surface area contributed by atoms with E-state index in [0.29, 0.717) is 23.7 Å². The summed E-state index contributed by atoms with van der Waals surface area (Å²) in [5.74, 6) is 2.71. The van der Waals surface area contributed by atoms with Crippen molar-refractivity contribution in [2.45, 2.75) is 124 Å². The number of carbonyl (C=O) groups is 2. The van der Waals surface area contributed by atoms with Gasteiger partial charge in [-0.3, -0.25) is 9.59 Å². The first-order chi connectivity index (χ1) is 14.5. The number of esters is 2. The molecule has 178 valence electrons. The summed E-state index contributed by atoms with van der Waals surface area (Å²) in [5.41, 5.74) is -0.801. The largest absolute Gasteiger partial charge is 0.461 e. The minimum Gasteiger partial charge on any atom is -0.461 e. The van der Waals surface area contributed by atoms with E-state index in [0.717, 1.165) is 32.1 Å². The fourth-order valence-corrected chi connectivity index (χ4v) is 6.73. The van der Waals surface area contributed by atoms with E-state index in [4.69, 9.17) is 9.47 Å². The molecular formula is C27H46O4. The minimum atomic E-state index is -0.522. The highest BCUT2D eigenvalue weighted by Gasteiger charge is 2.56. The normalized spacial score (nSPS) is 31.5. The molecule has 4 nitrogen and oxygen atoms in total. The van der Waals surface area contributed by atoms with E-state index < -0.39 is 5.60 Å². The first-order valence-corrected chi connectivity index (χ1v) is 12.9. The van der Waals surface area contributed by atoms with Crippen molar-refractivity contribution in [1.82, 2.24) is 0 Å². The number of hydrogen-bond acceptors (Lipinski definition) is 4. The molecule has 0 aromatic carbocycles. The second kappa shape index (κ2) is 9.83. The van der Waals surface area contributed by atoms with Gasteiger partial charge in [0.2, 0.25) is 0 Å². The maximum absolute atomic E-state index is 13.5. The predicted octanol–water partition coefficient (Wildman–Crippen LogP) is 6.70. The summed E-state index contributed by atoms with van der Waals surface area (Å²) >= 11 is 0. The van der Waals surface area contributed by atoms with Crippen LogP contribution in [0.25, 0.3) is 0 Å². The summed E-state index contributed by atoms with van der Waals surface area (Å²) in [7, 11) is 0. The van der Waals surface area contributed by atoms with Crippen LogP contribution in [0.4, 0.5) is 0 Å². The zero-order chi connectivity index (χ0) is 22.8. The van der Waals surface area contributed by atoms with E-state index in [1.165, 1.54) is 32.1 Å². The van der Waals surface area contributed by atoms with E-state index in [2.05, 4.69) is 20.8 Å². The highest BCUT2D eigenvalue weighted by atomic mass is 16.6. The number of ether oxygens (including phenoxy) is 2. The van der Waals surface area contributed by atoms with Crippen molar-refractivity contribution >= 4 is 11.9 Å². The van der Waals surface area contributed by atoms with Crippen LogP contribution in [0, 0.1) is 35.0 Å². The van der Waals surface area contributed by atoms with Crippen LogP contribution < -0.4 is 0 Å². The molecule has 4 aliphatic carbocycles. The first kappa shape index (κ1) is 24.6. The van der Waals surface area contributed by atoms with Crippen molar-refractivity contribution in [3.63, 3.8) is 0 Å². The Hall–Kier alpha value is -1.06. The van der Waals surface area contributed by atoms with Gasteiger partial charge >= 0.3 is 11.9 Å². The van der Waals surface area contributed by atoms with Crippen LogP contribution in [0.5, 0.6) is 0 Å². The second-order valence-corrected chi connectivity index (χ2v) is 12.6. The summed E-state index contributed by atoms with van der Waals surface area (Å²) in [5, 5.41) is 0. The summed E-state index contributed by atoms with van der Waals surface area (Å²) in [6.07, 6.45) is 11.2. The molecule has 0 radical (unpaired) electrons. The topological polar surface area (TPSA) is 52.6 Å². The van der Waals surface area contributed by atoms with Crippen LogP contribution in [0.15, 0.2) is 0 Å². The standard InChI is InChI=1S/C27H46O4/c1-18(2)9-7-8-10-19(3)23(14-24(28)31-26(4,5)6)30-25(29)27-15-20-11-21(16-27)13-22(12-20)17-27/h18-23H,7-17H2,1-6H3. The molecule has 0 spiro atoms. The van der Waals surface area contributed by atoms with Gasteiger partial charge in [0.1, 0.15) is 11.7 Å². The fourth-order valence-electron chi connectivity index (χ4n) is 6.73. The Labute approximate surface area is 190 Å². The Morgan fingerprint density at radius 3 is 1.90 bits per heavy atom. The smallest absolute Gasteiger partial charge is 0.312 e. The highest BCUT2D eigenvalue weighted by Crippen LogP contribution is 2.60. The van der Waals surface area contributed by atoms with Crippen molar-refractivity contribution in [3.8, 4) is 0 Å². The molecule has 0 amide bonds. The Kier molecular flexibility index (Phi) is 7.79.